The normalized spacial score (nSPS) is 11.8. The van der Waals surface area contributed by atoms with Gasteiger partial charge in [0.15, 0.2) is 0 Å². The maximum absolute atomic E-state index is 5.77. The lowest BCUT2D eigenvalue weighted by atomic mass is 10.3. The Bertz CT molecular complexity index is 350. The Morgan fingerprint density at radius 2 is 2.29 bits per heavy atom. The zero-order valence-electron chi connectivity index (χ0n) is 8.25. The SMILES string of the molecule is COCC(C)=Nc1cc(Br)ccc1N. The van der Waals surface area contributed by atoms with Crippen molar-refractivity contribution in [2.24, 2.45) is 4.99 Å². The summed E-state index contributed by atoms with van der Waals surface area (Å²) in [6.45, 7) is 2.43. The van der Waals surface area contributed by atoms with Crippen LogP contribution in [-0.2, 0) is 4.74 Å². The molecule has 0 aliphatic heterocycles. The molecule has 0 atom stereocenters. The molecular formula is C10H13BrN2O. The monoisotopic (exact) mass is 256 g/mol. The van der Waals surface area contributed by atoms with E-state index >= 15 is 0 Å². The van der Waals surface area contributed by atoms with Gasteiger partial charge in [-0.15, -0.1) is 0 Å². The highest BCUT2D eigenvalue weighted by atomic mass is 79.9. The van der Waals surface area contributed by atoms with Crippen molar-refractivity contribution in [1.29, 1.82) is 0 Å². The second-order valence-corrected chi connectivity index (χ2v) is 3.90. The van der Waals surface area contributed by atoms with Gasteiger partial charge in [-0.25, -0.2) is 0 Å². The summed E-state index contributed by atoms with van der Waals surface area (Å²) in [5, 5.41) is 0. The minimum atomic E-state index is 0.520. The first kappa shape index (κ1) is 11.2. The van der Waals surface area contributed by atoms with Crippen molar-refractivity contribution in [3.05, 3.63) is 22.7 Å². The van der Waals surface area contributed by atoms with Crippen molar-refractivity contribution in [1.82, 2.24) is 0 Å². The van der Waals surface area contributed by atoms with Gasteiger partial charge in [-0.05, 0) is 25.1 Å². The molecular weight excluding hydrogens is 244 g/mol. The van der Waals surface area contributed by atoms with Crippen LogP contribution >= 0.6 is 15.9 Å². The lowest BCUT2D eigenvalue weighted by molar-refractivity contribution is 0.245. The van der Waals surface area contributed by atoms with Gasteiger partial charge in [0.25, 0.3) is 0 Å². The Balaban J connectivity index is 2.95. The molecule has 0 heterocycles. The maximum Gasteiger partial charge on any atom is 0.0870 e. The summed E-state index contributed by atoms with van der Waals surface area (Å²) in [6, 6.07) is 5.59. The number of nitrogen functional groups attached to an aromatic ring is 1. The van der Waals surface area contributed by atoms with E-state index in [1.54, 1.807) is 7.11 Å². The molecule has 1 aromatic carbocycles. The molecule has 0 saturated carbocycles. The molecule has 0 radical (unpaired) electrons. The summed E-state index contributed by atoms with van der Waals surface area (Å²) >= 11 is 3.37. The Morgan fingerprint density at radius 3 is 2.93 bits per heavy atom. The summed E-state index contributed by atoms with van der Waals surface area (Å²) in [5.41, 5.74) is 8.11. The second-order valence-electron chi connectivity index (χ2n) is 2.98. The van der Waals surface area contributed by atoms with Crippen LogP contribution < -0.4 is 5.73 Å². The zero-order valence-corrected chi connectivity index (χ0v) is 9.84. The Hall–Kier alpha value is -0.870. The van der Waals surface area contributed by atoms with Crippen molar-refractivity contribution in [2.75, 3.05) is 19.5 Å². The Morgan fingerprint density at radius 1 is 1.57 bits per heavy atom. The Kier molecular flexibility index (Phi) is 4.10. The number of nitrogens with two attached hydrogens (primary N) is 1. The lowest BCUT2D eigenvalue weighted by Crippen LogP contribution is -2.01. The predicted molar refractivity (Wildman–Crippen MR) is 63.2 cm³/mol. The van der Waals surface area contributed by atoms with Gasteiger partial charge < -0.3 is 10.5 Å². The molecule has 1 rings (SSSR count). The van der Waals surface area contributed by atoms with E-state index in [1.165, 1.54) is 0 Å². The second kappa shape index (κ2) is 5.12. The number of methoxy groups -OCH3 is 1. The first-order valence-corrected chi connectivity index (χ1v) is 5.01. The van der Waals surface area contributed by atoms with Crippen LogP contribution in [0.4, 0.5) is 11.4 Å². The fraction of sp³-hybridized carbons (Fsp3) is 0.300. The molecule has 3 nitrogen and oxygen atoms in total. The fourth-order valence-electron chi connectivity index (χ4n) is 1.06. The molecule has 0 aromatic heterocycles. The average molecular weight is 257 g/mol. The molecule has 0 aliphatic carbocycles. The number of halogens is 1. The molecule has 0 unspecified atom stereocenters. The number of ether oxygens (including phenoxy) is 1. The van der Waals surface area contributed by atoms with Gasteiger partial charge in [-0.3, -0.25) is 4.99 Å². The molecule has 4 heteroatoms. The van der Waals surface area contributed by atoms with E-state index in [0.717, 1.165) is 15.9 Å². The number of rotatable bonds is 3. The highest BCUT2D eigenvalue weighted by Crippen LogP contribution is 2.26. The zero-order chi connectivity index (χ0) is 10.6. The van der Waals surface area contributed by atoms with Crippen LogP contribution in [0.15, 0.2) is 27.7 Å². The van der Waals surface area contributed by atoms with Crippen molar-refractivity contribution in [2.45, 2.75) is 6.92 Å². The number of nitrogens with zero attached hydrogens (tertiary/aromatic N) is 1. The van der Waals surface area contributed by atoms with E-state index in [0.29, 0.717) is 12.3 Å². The molecule has 0 bridgehead atoms. The van der Waals surface area contributed by atoms with Crippen molar-refractivity contribution in [3.8, 4) is 0 Å². The van der Waals surface area contributed by atoms with E-state index in [4.69, 9.17) is 10.5 Å². The highest BCUT2D eigenvalue weighted by Gasteiger charge is 1.99. The number of anilines is 1. The standard InChI is InChI=1S/C10H13BrN2O/c1-7(6-14-2)13-10-5-8(11)3-4-9(10)12/h3-5H,6,12H2,1-2H3. The molecule has 1 aromatic rings. The van der Waals surface area contributed by atoms with Crippen LogP contribution in [0.5, 0.6) is 0 Å². The summed E-state index contributed by atoms with van der Waals surface area (Å²) in [7, 11) is 1.64. The quantitative estimate of drug-likeness (QED) is 0.668. The minimum Gasteiger partial charge on any atom is -0.397 e. The largest absolute Gasteiger partial charge is 0.397 e. The smallest absolute Gasteiger partial charge is 0.0870 e. The first-order valence-electron chi connectivity index (χ1n) is 4.21. The third-order valence-electron chi connectivity index (χ3n) is 1.66. The van der Waals surface area contributed by atoms with Crippen LogP contribution in [-0.4, -0.2) is 19.4 Å². The summed E-state index contributed by atoms with van der Waals surface area (Å²) in [4.78, 5) is 4.35. The summed E-state index contributed by atoms with van der Waals surface area (Å²) in [5.74, 6) is 0. The summed E-state index contributed by atoms with van der Waals surface area (Å²) in [6.07, 6.45) is 0. The predicted octanol–water partition coefficient (Wildman–Crippen LogP) is 2.77. The third-order valence-corrected chi connectivity index (χ3v) is 2.15. The van der Waals surface area contributed by atoms with Gasteiger partial charge >= 0.3 is 0 Å². The van der Waals surface area contributed by atoms with Crippen LogP contribution in [0.3, 0.4) is 0 Å². The van der Waals surface area contributed by atoms with Gasteiger partial charge in [0, 0.05) is 17.3 Å². The van der Waals surface area contributed by atoms with Crippen molar-refractivity contribution >= 4 is 33.0 Å². The van der Waals surface area contributed by atoms with E-state index in [-0.39, 0.29) is 0 Å². The molecule has 0 amide bonds. The van der Waals surface area contributed by atoms with Crippen LogP contribution in [0.25, 0.3) is 0 Å². The molecule has 2 N–H and O–H groups in total. The molecule has 14 heavy (non-hydrogen) atoms. The molecule has 0 fully saturated rings. The van der Waals surface area contributed by atoms with Gasteiger partial charge in [-0.1, -0.05) is 15.9 Å². The van der Waals surface area contributed by atoms with Crippen molar-refractivity contribution in [3.63, 3.8) is 0 Å². The lowest BCUT2D eigenvalue weighted by Gasteiger charge is -2.03. The average Bonchev–Trinajstić information content (AvgIpc) is 2.12. The van der Waals surface area contributed by atoms with E-state index in [9.17, 15) is 0 Å². The van der Waals surface area contributed by atoms with Gasteiger partial charge in [0.05, 0.1) is 18.0 Å². The van der Waals surface area contributed by atoms with Gasteiger partial charge in [0.2, 0.25) is 0 Å². The highest BCUT2D eigenvalue weighted by molar-refractivity contribution is 9.10. The first-order chi connectivity index (χ1) is 6.63. The van der Waals surface area contributed by atoms with Gasteiger partial charge in [0.1, 0.15) is 0 Å². The number of benzene rings is 1. The van der Waals surface area contributed by atoms with E-state index in [1.807, 2.05) is 25.1 Å². The fourth-order valence-corrected chi connectivity index (χ4v) is 1.41. The number of hydrogen-bond acceptors (Lipinski definition) is 3. The maximum atomic E-state index is 5.77. The van der Waals surface area contributed by atoms with Crippen molar-refractivity contribution < 1.29 is 4.74 Å². The van der Waals surface area contributed by atoms with Crippen LogP contribution in [0.2, 0.25) is 0 Å². The van der Waals surface area contributed by atoms with Crippen LogP contribution in [0, 0.1) is 0 Å². The molecule has 0 aliphatic rings. The topological polar surface area (TPSA) is 47.6 Å². The molecule has 0 saturated heterocycles. The Labute approximate surface area is 92.1 Å². The van der Waals surface area contributed by atoms with Crippen LogP contribution in [0.1, 0.15) is 6.92 Å². The molecule has 76 valence electrons. The van der Waals surface area contributed by atoms with E-state index in [2.05, 4.69) is 20.9 Å². The summed E-state index contributed by atoms with van der Waals surface area (Å²) < 4.78 is 5.93. The number of hydrogen-bond donors (Lipinski definition) is 1. The number of aliphatic imine (C=N–C) groups is 1. The molecule has 0 spiro atoms. The van der Waals surface area contributed by atoms with E-state index < -0.39 is 0 Å². The minimum absolute atomic E-state index is 0.520. The van der Waals surface area contributed by atoms with Gasteiger partial charge in [-0.2, -0.15) is 0 Å². The third kappa shape index (κ3) is 3.12.